The summed E-state index contributed by atoms with van der Waals surface area (Å²) in [6.07, 6.45) is 8.38. The number of likely N-dealkylation sites (tertiary alicyclic amines) is 1. The first-order valence-electron chi connectivity index (χ1n) is 9.29. The molecule has 1 atom stereocenters. The Bertz CT molecular complexity index is 702. The third-order valence-corrected chi connectivity index (χ3v) is 6.73. The van der Waals surface area contributed by atoms with Gasteiger partial charge in [0.1, 0.15) is 0 Å². The highest BCUT2D eigenvalue weighted by molar-refractivity contribution is 7.88. The molecule has 2 fully saturated rings. The molecule has 3 rings (SSSR count). The van der Waals surface area contributed by atoms with Crippen LogP contribution in [0.3, 0.4) is 0 Å². The summed E-state index contributed by atoms with van der Waals surface area (Å²) in [4.78, 5) is 19.0. The number of nitrogens with one attached hydrogen (secondary N) is 1. The molecular weight excluding hydrogens is 352 g/mol. The monoisotopic (exact) mass is 380 g/mol. The Morgan fingerprint density at radius 1 is 1.27 bits per heavy atom. The van der Waals surface area contributed by atoms with Gasteiger partial charge in [-0.05, 0) is 43.9 Å². The van der Waals surface area contributed by atoms with E-state index >= 15 is 0 Å². The smallest absolute Gasteiger partial charge is 0.224 e. The zero-order valence-corrected chi connectivity index (χ0v) is 16.1. The Labute approximate surface area is 155 Å². The lowest BCUT2D eigenvalue weighted by Gasteiger charge is -2.41. The minimum Gasteiger partial charge on any atom is -0.352 e. The van der Waals surface area contributed by atoms with Gasteiger partial charge in [-0.2, -0.15) is 0 Å². The lowest BCUT2D eigenvalue weighted by Crippen LogP contribution is -2.51. The van der Waals surface area contributed by atoms with Crippen molar-refractivity contribution in [2.45, 2.75) is 38.3 Å². The van der Waals surface area contributed by atoms with Gasteiger partial charge in [0.2, 0.25) is 15.9 Å². The number of piperidine rings is 2. The van der Waals surface area contributed by atoms with Crippen LogP contribution < -0.4 is 5.32 Å². The zero-order chi connectivity index (χ0) is 18.6. The van der Waals surface area contributed by atoms with Crippen molar-refractivity contribution in [3.05, 3.63) is 30.1 Å². The Kier molecular flexibility index (Phi) is 6.26. The number of carbonyl (C=O) groups excluding carboxylic acids is 1. The predicted molar refractivity (Wildman–Crippen MR) is 99.8 cm³/mol. The summed E-state index contributed by atoms with van der Waals surface area (Å²) in [5, 5.41) is 3.03. The highest BCUT2D eigenvalue weighted by Gasteiger charge is 2.33. The molecule has 0 bridgehead atoms. The standard InChI is InChI=1S/C18H28N4O3S/c1-26(24,25)22-10-6-17(7-11-22)21-9-3-5-16(14-21)18(23)20-13-15-4-2-8-19-12-15/h2,4,8,12,16-17H,3,5-7,9-11,13-14H2,1H3,(H,20,23)/t16-/m0/s1. The van der Waals surface area contributed by atoms with Gasteiger partial charge in [-0.1, -0.05) is 6.07 Å². The fraction of sp³-hybridized carbons (Fsp3) is 0.667. The van der Waals surface area contributed by atoms with E-state index in [1.807, 2.05) is 12.1 Å². The van der Waals surface area contributed by atoms with E-state index in [1.165, 1.54) is 6.26 Å². The zero-order valence-electron chi connectivity index (χ0n) is 15.3. The largest absolute Gasteiger partial charge is 0.352 e. The predicted octanol–water partition coefficient (Wildman–Crippen LogP) is 0.834. The van der Waals surface area contributed by atoms with Crippen molar-refractivity contribution in [3.63, 3.8) is 0 Å². The molecular formula is C18H28N4O3S. The number of rotatable bonds is 5. The highest BCUT2D eigenvalue weighted by atomic mass is 32.2. The van der Waals surface area contributed by atoms with Gasteiger partial charge in [0.25, 0.3) is 0 Å². The third kappa shape index (κ3) is 5.02. The number of sulfonamides is 1. The van der Waals surface area contributed by atoms with Gasteiger partial charge in [-0.15, -0.1) is 0 Å². The SMILES string of the molecule is CS(=O)(=O)N1CCC(N2CCC[C@H](C(=O)NCc3cccnc3)C2)CC1. The van der Waals surface area contributed by atoms with E-state index in [0.717, 1.165) is 44.3 Å². The van der Waals surface area contributed by atoms with E-state index in [-0.39, 0.29) is 11.8 Å². The number of pyridine rings is 1. The summed E-state index contributed by atoms with van der Waals surface area (Å²) in [5.74, 6) is 0.112. The van der Waals surface area contributed by atoms with Crippen molar-refractivity contribution < 1.29 is 13.2 Å². The molecule has 7 nitrogen and oxygen atoms in total. The van der Waals surface area contributed by atoms with Gasteiger partial charge in [0, 0.05) is 44.6 Å². The number of hydrogen-bond donors (Lipinski definition) is 1. The Morgan fingerprint density at radius 3 is 2.69 bits per heavy atom. The Balaban J connectivity index is 1.49. The number of carbonyl (C=O) groups is 1. The second-order valence-corrected chi connectivity index (χ2v) is 9.29. The second kappa shape index (κ2) is 8.45. The molecule has 2 aliphatic heterocycles. The van der Waals surface area contributed by atoms with E-state index in [1.54, 1.807) is 16.7 Å². The molecule has 0 aliphatic carbocycles. The van der Waals surface area contributed by atoms with E-state index in [2.05, 4.69) is 15.2 Å². The summed E-state index contributed by atoms with van der Waals surface area (Å²) >= 11 is 0. The van der Waals surface area contributed by atoms with E-state index in [0.29, 0.717) is 25.7 Å². The molecule has 1 amide bonds. The maximum Gasteiger partial charge on any atom is 0.224 e. The van der Waals surface area contributed by atoms with Crippen molar-refractivity contribution >= 4 is 15.9 Å². The van der Waals surface area contributed by atoms with Gasteiger partial charge in [0.15, 0.2) is 0 Å². The van der Waals surface area contributed by atoms with Crippen LogP contribution in [-0.4, -0.2) is 67.0 Å². The van der Waals surface area contributed by atoms with Crippen LogP contribution in [0.5, 0.6) is 0 Å². The van der Waals surface area contributed by atoms with Crippen molar-refractivity contribution in [2.24, 2.45) is 5.92 Å². The topological polar surface area (TPSA) is 82.6 Å². The van der Waals surface area contributed by atoms with Crippen LogP contribution in [0.4, 0.5) is 0 Å². The molecule has 0 aromatic carbocycles. The van der Waals surface area contributed by atoms with Crippen molar-refractivity contribution in [3.8, 4) is 0 Å². The van der Waals surface area contributed by atoms with Crippen LogP contribution in [0.25, 0.3) is 0 Å². The molecule has 2 saturated heterocycles. The average molecular weight is 381 g/mol. The van der Waals surface area contributed by atoms with Gasteiger partial charge < -0.3 is 5.32 Å². The van der Waals surface area contributed by atoms with Gasteiger partial charge in [0.05, 0.1) is 12.2 Å². The number of hydrogen-bond acceptors (Lipinski definition) is 5. The summed E-state index contributed by atoms with van der Waals surface area (Å²) in [7, 11) is -3.09. The van der Waals surface area contributed by atoms with Crippen LogP contribution in [0.1, 0.15) is 31.2 Å². The number of nitrogens with zero attached hydrogens (tertiary/aromatic N) is 3. The summed E-state index contributed by atoms with van der Waals surface area (Å²) < 4.78 is 24.9. The first kappa shape index (κ1) is 19.3. The molecule has 144 valence electrons. The quantitative estimate of drug-likeness (QED) is 0.818. The fourth-order valence-corrected chi connectivity index (χ4v) is 4.80. The third-order valence-electron chi connectivity index (χ3n) is 5.42. The molecule has 0 spiro atoms. The second-order valence-electron chi connectivity index (χ2n) is 7.31. The van der Waals surface area contributed by atoms with Crippen LogP contribution in [0.2, 0.25) is 0 Å². The van der Waals surface area contributed by atoms with E-state index < -0.39 is 10.0 Å². The lowest BCUT2D eigenvalue weighted by atomic mass is 9.93. The molecule has 8 heteroatoms. The minimum absolute atomic E-state index is 0.00774. The van der Waals surface area contributed by atoms with Crippen molar-refractivity contribution in [1.29, 1.82) is 0 Å². The van der Waals surface area contributed by atoms with Crippen molar-refractivity contribution in [1.82, 2.24) is 19.5 Å². The fourth-order valence-electron chi connectivity index (χ4n) is 3.93. The summed E-state index contributed by atoms with van der Waals surface area (Å²) in [6.45, 7) is 3.43. The van der Waals surface area contributed by atoms with Crippen LogP contribution in [0, 0.1) is 5.92 Å². The first-order valence-corrected chi connectivity index (χ1v) is 11.1. The normalized spacial score (nSPS) is 23.7. The molecule has 0 radical (unpaired) electrons. The van der Waals surface area contributed by atoms with Crippen LogP contribution in [-0.2, 0) is 21.4 Å². The average Bonchev–Trinajstić information content (AvgIpc) is 2.66. The van der Waals surface area contributed by atoms with Gasteiger partial charge in [-0.25, -0.2) is 12.7 Å². The maximum atomic E-state index is 12.5. The molecule has 1 N–H and O–H groups in total. The Hall–Kier alpha value is -1.51. The molecule has 1 aromatic heterocycles. The summed E-state index contributed by atoms with van der Waals surface area (Å²) in [6, 6.07) is 4.20. The minimum atomic E-state index is -3.09. The van der Waals surface area contributed by atoms with Gasteiger partial charge in [-0.3, -0.25) is 14.7 Å². The molecule has 3 heterocycles. The lowest BCUT2D eigenvalue weighted by molar-refractivity contribution is -0.127. The van der Waals surface area contributed by atoms with Gasteiger partial charge >= 0.3 is 0 Å². The number of aromatic nitrogens is 1. The number of amides is 1. The first-order chi connectivity index (χ1) is 12.4. The summed E-state index contributed by atoms with van der Waals surface area (Å²) in [5.41, 5.74) is 1.00. The van der Waals surface area contributed by atoms with E-state index in [4.69, 9.17) is 0 Å². The van der Waals surface area contributed by atoms with E-state index in [9.17, 15) is 13.2 Å². The molecule has 2 aliphatic rings. The van der Waals surface area contributed by atoms with Crippen LogP contribution in [0.15, 0.2) is 24.5 Å². The molecule has 1 aromatic rings. The highest BCUT2D eigenvalue weighted by Crippen LogP contribution is 2.24. The molecule has 0 unspecified atom stereocenters. The molecule has 26 heavy (non-hydrogen) atoms. The van der Waals surface area contributed by atoms with Crippen molar-refractivity contribution in [2.75, 3.05) is 32.4 Å². The maximum absolute atomic E-state index is 12.5. The van der Waals surface area contributed by atoms with Crippen LogP contribution >= 0.6 is 0 Å². The Morgan fingerprint density at radius 2 is 2.04 bits per heavy atom. The molecule has 0 saturated carbocycles.